The van der Waals surface area contributed by atoms with E-state index in [0.717, 1.165) is 75.0 Å². The van der Waals surface area contributed by atoms with Gasteiger partial charge in [0.05, 0.1) is 17.8 Å². The molecule has 0 spiro atoms. The van der Waals surface area contributed by atoms with Crippen LogP contribution in [0.4, 0.5) is 5.82 Å². The van der Waals surface area contributed by atoms with Gasteiger partial charge >= 0.3 is 0 Å². The van der Waals surface area contributed by atoms with Gasteiger partial charge in [0.1, 0.15) is 11.5 Å². The number of hydrogen-bond acceptors (Lipinski definition) is 6. The number of nitrogens with one attached hydrogen (secondary N) is 3. The number of piperazine rings is 1. The standard InChI is InChI=1S/C25H29N7/c1-31-10-12-32(13-11-31)25-21-15-23(29-22(21)6-9-27-25)24-20-14-18(17-4-7-26-8-5-17)2-3-19(20)16-28-30-24/h2-4,6,9,14-15,26,28-29H,5,7-8,10-13,16H2,1H3. The SMILES string of the molecule is CN1CCN(c2nccc3[nH]c(C4=NNCc5ccc(C6=CCNCC6)cc54)cc23)CC1. The van der Waals surface area contributed by atoms with E-state index in [1.54, 1.807) is 0 Å². The number of aromatic nitrogens is 2. The number of likely N-dealkylation sites (N-methyl/N-ethyl adjacent to an activating group) is 1. The Morgan fingerprint density at radius 1 is 1.03 bits per heavy atom. The van der Waals surface area contributed by atoms with Gasteiger partial charge in [0.15, 0.2) is 0 Å². The van der Waals surface area contributed by atoms with Gasteiger partial charge in [0.25, 0.3) is 0 Å². The molecule has 7 heteroatoms. The summed E-state index contributed by atoms with van der Waals surface area (Å²) in [6.07, 6.45) is 5.28. The van der Waals surface area contributed by atoms with E-state index in [1.165, 1.54) is 27.6 Å². The molecule has 0 atom stereocenters. The lowest BCUT2D eigenvalue weighted by atomic mass is 9.92. The first-order chi connectivity index (χ1) is 15.8. The lowest BCUT2D eigenvalue weighted by Gasteiger charge is -2.33. The fourth-order valence-corrected chi connectivity index (χ4v) is 4.94. The molecule has 0 radical (unpaired) electrons. The maximum absolute atomic E-state index is 4.75. The predicted molar refractivity (Wildman–Crippen MR) is 130 cm³/mol. The van der Waals surface area contributed by atoms with E-state index in [-0.39, 0.29) is 0 Å². The average Bonchev–Trinajstić information content (AvgIpc) is 3.29. The first-order valence-electron chi connectivity index (χ1n) is 11.5. The van der Waals surface area contributed by atoms with E-state index in [9.17, 15) is 0 Å². The summed E-state index contributed by atoms with van der Waals surface area (Å²) in [6.45, 7) is 6.87. The molecule has 0 aliphatic carbocycles. The molecule has 3 N–H and O–H groups in total. The maximum Gasteiger partial charge on any atom is 0.138 e. The lowest BCUT2D eigenvalue weighted by molar-refractivity contribution is 0.312. The van der Waals surface area contributed by atoms with E-state index in [4.69, 9.17) is 10.1 Å². The molecule has 6 rings (SSSR count). The number of hydrazone groups is 1. The van der Waals surface area contributed by atoms with Crippen molar-refractivity contribution in [1.82, 2.24) is 25.6 Å². The Balaban J connectivity index is 1.39. The summed E-state index contributed by atoms with van der Waals surface area (Å²) in [5.41, 5.74) is 11.6. The number of aromatic amines is 1. The smallest absolute Gasteiger partial charge is 0.138 e. The van der Waals surface area contributed by atoms with Gasteiger partial charge in [-0.2, -0.15) is 5.10 Å². The maximum atomic E-state index is 4.75. The number of pyridine rings is 1. The van der Waals surface area contributed by atoms with Crippen LogP contribution in [0.25, 0.3) is 16.5 Å². The minimum atomic E-state index is 0.758. The zero-order valence-electron chi connectivity index (χ0n) is 18.5. The number of nitrogens with zero attached hydrogens (tertiary/aromatic N) is 4. The molecule has 0 unspecified atom stereocenters. The molecule has 5 heterocycles. The minimum Gasteiger partial charge on any atom is -0.353 e. The lowest BCUT2D eigenvalue weighted by Crippen LogP contribution is -2.44. The summed E-state index contributed by atoms with van der Waals surface area (Å²) >= 11 is 0. The molecule has 32 heavy (non-hydrogen) atoms. The van der Waals surface area contributed by atoms with Gasteiger partial charge in [-0.05, 0) is 54.9 Å². The van der Waals surface area contributed by atoms with E-state index in [1.807, 2.05) is 6.20 Å². The molecule has 0 amide bonds. The first kappa shape index (κ1) is 19.5. The summed E-state index contributed by atoms with van der Waals surface area (Å²) in [7, 11) is 2.18. The summed E-state index contributed by atoms with van der Waals surface area (Å²) in [5.74, 6) is 1.07. The number of benzene rings is 1. The zero-order chi connectivity index (χ0) is 21.5. The monoisotopic (exact) mass is 427 g/mol. The van der Waals surface area contributed by atoms with Crippen molar-refractivity contribution in [3.63, 3.8) is 0 Å². The Labute approximate surface area is 188 Å². The molecule has 1 fully saturated rings. The Morgan fingerprint density at radius 2 is 1.94 bits per heavy atom. The zero-order valence-corrected chi connectivity index (χ0v) is 18.5. The third-order valence-electron chi connectivity index (χ3n) is 6.85. The normalized spacial score (nSPS) is 19.3. The number of hydrogen-bond donors (Lipinski definition) is 3. The van der Waals surface area contributed by atoms with Crippen LogP contribution in [-0.2, 0) is 6.54 Å². The summed E-state index contributed by atoms with van der Waals surface area (Å²) in [4.78, 5) is 13.1. The van der Waals surface area contributed by atoms with E-state index < -0.39 is 0 Å². The predicted octanol–water partition coefficient (Wildman–Crippen LogP) is 2.55. The van der Waals surface area contributed by atoms with Gasteiger partial charge in [-0.3, -0.25) is 0 Å². The second-order valence-corrected chi connectivity index (χ2v) is 8.92. The Bertz CT molecular complexity index is 1210. The molecule has 3 aliphatic heterocycles. The molecule has 3 aromatic rings. The molecule has 7 nitrogen and oxygen atoms in total. The van der Waals surface area contributed by atoms with Crippen LogP contribution in [0, 0.1) is 0 Å². The van der Waals surface area contributed by atoms with Crippen molar-refractivity contribution < 1.29 is 0 Å². The molecule has 2 aromatic heterocycles. The number of rotatable bonds is 3. The van der Waals surface area contributed by atoms with Crippen LogP contribution >= 0.6 is 0 Å². The minimum absolute atomic E-state index is 0.758. The van der Waals surface area contributed by atoms with Crippen LogP contribution in [0.2, 0.25) is 0 Å². The molecule has 1 saturated heterocycles. The highest BCUT2D eigenvalue weighted by Gasteiger charge is 2.22. The van der Waals surface area contributed by atoms with Crippen molar-refractivity contribution in [1.29, 1.82) is 0 Å². The van der Waals surface area contributed by atoms with Crippen LogP contribution in [-0.4, -0.2) is 66.9 Å². The van der Waals surface area contributed by atoms with Gasteiger partial charge in [-0.25, -0.2) is 4.98 Å². The van der Waals surface area contributed by atoms with Gasteiger partial charge in [-0.1, -0.05) is 18.2 Å². The number of anilines is 1. The quantitative estimate of drug-likeness (QED) is 0.599. The highest BCUT2D eigenvalue weighted by molar-refractivity contribution is 6.15. The fourth-order valence-electron chi connectivity index (χ4n) is 4.94. The van der Waals surface area contributed by atoms with Gasteiger partial charge in [0, 0.05) is 49.9 Å². The van der Waals surface area contributed by atoms with Crippen molar-refractivity contribution in [3.05, 3.63) is 65.0 Å². The molecule has 0 bridgehead atoms. The van der Waals surface area contributed by atoms with Crippen molar-refractivity contribution in [2.24, 2.45) is 5.10 Å². The van der Waals surface area contributed by atoms with Gasteiger partial charge < -0.3 is 25.5 Å². The van der Waals surface area contributed by atoms with E-state index in [2.05, 4.69) is 69.0 Å². The molecule has 0 saturated carbocycles. The molecular weight excluding hydrogens is 398 g/mol. The van der Waals surface area contributed by atoms with Crippen molar-refractivity contribution in [2.45, 2.75) is 13.0 Å². The van der Waals surface area contributed by atoms with Crippen LogP contribution in [0.15, 0.2) is 47.7 Å². The van der Waals surface area contributed by atoms with Gasteiger partial charge in [0.2, 0.25) is 0 Å². The fraction of sp³-hybridized carbons (Fsp3) is 0.360. The highest BCUT2D eigenvalue weighted by atomic mass is 15.3. The second kappa shape index (κ2) is 8.07. The second-order valence-electron chi connectivity index (χ2n) is 8.92. The van der Waals surface area contributed by atoms with Crippen LogP contribution in [0.5, 0.6) is 0 Å². The molecule has 1 aromatic carbocycles. The van der Waals surface area contributed by atoms with E-state index in [0.29, 0.717) is 0 Å². The van der Waals surface area contributed by atoms with Crippen LogP contribution < -0.4 is 15.6 Å². The summed E-state index contributed by atoms with van der Waals surface area (Å²) in [6, 6.07) is 11.1. The number of H-pyrrole nitrogens is 1. The van der Waals surface area contributed by atoms with Gasteiger partial charge in [-0.15, -0.1) is 0 Å². The summed E-state index contributed by atoms with van der Waals surface area (Å²) in [5, 5.41) is 9.31. The highest BCUT2D eigenvalue weighted by Crippen LogP contribution is 2.30. The van der Waals surface area contributed by atoms with E-state index >= 15 is 0 Å². The first-order valence-corrected chi connectivity index (χ1v) is 11.5. The largest absolute Gasteiger partial charge is 0.353 e. The summed E-state index contributed by atoms with van der Waals surface area (Å²) < 4.78 is 0. The average molecular weight is 428 g/mol. The Morgan fingerprint density at radius 3 is 2.78 bits per heavy atom. The Kier molecular flexibility index (Phi) is 4.92. The van der Waals surface area contributed by atoms with Crippen molar-refractivity contribution in [2.75, 3.05) is 51.2 Å². The number of fused-ring (bicyclic) bond motifs is 2. The van der Waals surface area contributed by atoms with Crippen LogP contribution in [0.3, 0.4) is 0 Å². The van der Waals surface area contributed by atoms with Crippen LogP contribution in [0.1, 0.15) is 28.8 Å². The molecular formula is C25H29N7. The Hall–Kier alpha value is -3.16. The molecule has 164 valence electrons. The third-order valence-corrected chi connectivity index (χ3v) is 6.85. The van der Waals surface area contributed by atoms with Crippen molar-refractivity contribution >= 4 is 28.0 Å². The van der Waals surface area contributed by atoms with Crippen molar-refractivity contribution in [3.8, 4) is 0 Å². The third kappa shape index (κ3) is 3.47. The molecule has 3 aliphatic rings. The topological polar surface area (TPSA) is 71.6 Å².